The lowest BCUT2D eigenvalue weighted by Crippen LogP contribution is -2.60. The van der Waals surface area contributed by atoms with Gasteiger partial charge >= 0.3 is 0 Å². The fraction of sp³-hybridized carbons (Fsp3) is 0.895. The topological polar surface area (TPSA) is 116 Å². The predicted octanol–water partition coefficient (Wildman–Crippen LogP) is 0.587. The zero-order chi connectivity index (χ0) is 21.2. The van der Waals surface area contributed by atoms with E-state index < -0.39 is 20.7 Å². The number of hydrogen-bond donors (Lipinski definition) is 2. The van der Waals surface area contributed by atoms with Gasteiger partial charge in [0.1, 0.15) is 0 Å². The van der Waals surface area contributed by atoms with Crippen molar-refractivity contribution < 1.29 is 28.0 Å². The van der Waals surface area contributed by atoms with Crippen molar-refractivity contribution in [2.45, 2.75) is 50.7 Å². The number of hydroxylamine groups is 1. The molecule has 2 atom stereocenters. The normalized spacial score (nSPS) is 29.4. The molecule has 0 unspecified atom stereocenters. The average molecular weight is 432 g/mol. The van der Waals surface area contributed by atoms with Gasteiger partial charge in [-0.25, -0.2) is 18.2 Å². The van der Waals surface area contributed by atoms with Gasteiger partial charge in [0.25, 0.3) is 5.91 Å². The molecule has 3 aliphatic heterocycles. The molecule has 166 valence electrons. The number of rotatable bonds is 4. The van der Waals surface area contributed by atoms with E-state index in [0.29, 0.717) is 24.7 Å². The Morgan fingerprint density at radius 1 is 1.07 bits per heavy atom. The number of nitrogens with zero attached hydrogens (tertiary/aromatic N) is 2. The quantitative estimate of drug-likeness (QED) is 0.497. The van der Waals surface area contributed by atoms with Gasteiger partial charge in [-0.15, -0.1) is 0 Å². The van der Waals surface area contributed by atoms with Gasteiger partial charge in [0, 0.05) is 58.2 Å². The van der Waals surface area contributed by atoms with Crippen molar-refractivity contribution >= 4 is 21.8 Å². The minimum Gasteiger partial charge on any atom is -0.381 e. The molecule has 2 N–H and O–H groups in total. The first kappa shape index (κ1) is 22.5. The van der Waals surface area contributed by atoms with Crippen LogP contribution < -0.4 is 5.48 Å². The molecule has 3 fully saturated rings. The van der Waals surface area contributed by atoms with Crippen LogP contribution in [0.15, 0.2) is 0 Å². The number of carbonyl (C=O) groups excluding carboxylic acids is 2. The lowest BCUT2D eigenvalue weighted by molar-refractivity contribution is -0.139. The molecule has 2 amide bonds. The molecular formula is C19H33N3O6S. The lowest BCUT2D eigenvalue weighted by Gasteiger charge is -2.42. The fourth-order valence-corrected chi connectivity index (χ4v) is 7.24. The Morgan fingerprint density at radius 2 is 1.62 bits per heavy atom. The SMILES string of the molecule is C[C@H]1C[C@H](C)CN(C(=O)C2CCN(S(=O)(=O)C3(C(=O)NO)CCOCC3)CC2)C1. The number of likely N-dealkylation sites (tertiary alicyclic amines) is 1. The second kappa shape index (κ2) is 8.87. The molecule has 0 aromatic rings. The first-order chi connectivity index (χ1) is 13.7. The Balaban J connectivity index is 1.67. The average Bonchev–Trinajstić information content (AvgIpc) is 2.72. The summed E-state index contributed by atoms with van der Waals surface area (Å²) in [6.07, 6.45) is 2.03. The van der Waals surface area contributed by atoms with Crippen LogP contribution in [0.25, 0.3) is 0 Å². The summed E-state index contributed by atoms with van der Waals surface area (Å²) in [5.41, 5.74) is 1.54. The van der Waals surface area contributed by atoms with Gasteiger partial charge in [0.15, 0.2) is 4.75 Å². The van der Waals surface area contributed by atoms with Crippen LogP contribution in [-0.2, 0) is 24.3 Å². The van der Waals surface area contributed by atoms with Gasteiger partial charge in [-0.2, -0.15) is 0 Å². The van der Waals surface area contributed by atoms with E-state index in [4.69, 9.17) is 9.94 Å². The van der Waals surface area contributed by atoms with E-state index in [1.165, 1.54) is 9.79 Å². The highest BCUT2D eigenvalue weighted by Gasteiger charge is 2.54. The number of hydrogen-bond acceptors (Lipinski definition) is 6. The highest BCUT2D eigenvalue weighted by molar-refractivity contribution is 7.91. The maximum Gasteiger partial charge on any atom is 0.266 e. The second-order valence-corrected chi connectivity index (χ2v) is 11.2. The van der Waals surface area contributed by atoms with Crippen LogP contribution in [0.2, 0.25) is 0 Å². The van der Waals surface area contributed by atoms with E-state index in [2.05, 4.69) is 13.8 Å². The third-order valence-corrected chi connectivity index (χ3v) is 9.26. The van der Waals surface area contributed by atoms with E-state index in [1.807, 2.05) is 4.90 Å². The molecule has 0 radical (unpaired) electrons. The first-order valence-electron chi connectivity index (χ1n) is 10.5. The molecular weight excluding hydrogens is 398 g/mol. The molecule has 3 aliphatic rings. The Bertz CT molecular complexity index is 703. The number of amides is 2. The highest BCUT2D eigenvalue weighted by atomic mass is 32.2. The van der Waals surface area contributed by atoms with Crippen LogP contribution in [0.4, 0.5) is 0 Å². The van der Waals surface area contributed by atoms with Gasteiger partial charge in [0.2, 0.25) is 15.9 Å². The fourth-order valence-electron chi connectivity index (χ4n) is 5.10. The zero-order valence-electron chi connectivity index (χ0n) is 17.3. The van der Waals surface area contributed by atoms with Crippen molar-refractivity contribution in [2.75, 3.05) is 39.4 Å². The van der Waals surface area contributed by atoms with Crippen molar-refractivity contribution in [1.82, 2.24) is 14.7 Å². The molecule has 10 heteroatoms. The molecule has 0 aromatic heterocycles. The number of carbonyl (C=O) groups is 2. The highest BCUT2D eigenvalue weighted by Crippen LogP contribution is 2.35. The van der Waals surface area contributed by atoms with Crippen molar-refractivity contribution in [3.63, 3.8) is 0 Å². The van der Waals surface area contributed by atoms with Crippen molar-refractivity contribution in [2.24, 2.45) is 17.8 Å². The third kappa shape index (κ3) is 4.30. The summed E-state index contributed by atoms with van der Waals surface area (Å²) >= 11 is 0. The van der Waals surface area contributed by atoms with Gasteiger partial charge in [0.05, 0.1) is 0 Å². The van der Waals surface area contributed by atoms with Crippen LogP contribution in [0.5, 0.6) is 0 Å². The summed E-state index contributed by atoms with van der Waals surface area (Å²) in [5, 5.41) is 9.14. The number of piperidine rings is 2. The van der Waals surface area contributed by atoms with Gasteiger partial charge in [-0.1, -0.05) is 13.8 Å². The van der Waals surface area contributed by atoms with E-state index in [0.717, 1.165) is 19.5 Å². The van der Waals surface area contributed by atoms with Gasteiger partial charge < -0.3 is 9.64 Å². The molecule has 0 aromatic carbocycles. The van der Waals surface area contributed by atoms with Crippen LogP contribution in [0, 0.1) is 17.8 Å². The number of sulfonamides is 1. The van der Waals surface area contributed by atoms with E-state index in [-0.39, 0.29) is 51.0 Å². The summed E-state index contributed by atoms with van der Waals surface area (Å²) < 4.78 is 31.5. The summed E-state index contributed by atoms with van der Waals surface area (Å²) in [6.45, 7) is 6.55. The van der Waals surface area contributed by atoms with Gasteiger partial charge in [-0.05, 0) is 31.1 Å². The summed E-state index contributed by atoms with van der Waals surface area (Å²) in [5.74, 6) is -0.0112. The molecule has 9 nitrogen and oxygen atoms in total. The lowest BCUT2D eigenvalue weighted by atomic mass is 9.89. The predicted molar refractivity (Wildman–Crippen MR) is 105 cm³/mol. The van der Waals surface area contributed by atoms with E-state index in [1.54, 1.807) is 0 Å². The molecule has 3 heterocycles. The molecule has 0 spiro atoms. The summed E-state index contributed by atoms with van der Waals surface area (Å²) in [4.78, 5) is 27.2. The number of ether oxygens (including phenoxy) is 1. The largest absolute Gasteiger partial charge is 0.381 e. The standard InChI is InChI=1S/C19H33N3O6S/c1-14-11-15(2)13-21(12-14)17(23)16-3-7-22(8-4-16)29(26,27)19(18(24)20-25)5-9-28-10-6-19/h14-16,25H,3-13H2,1-2H3,(H,20,24)/t14-,15-/m0/s1. The molecule has 3 saturated heterocycles. The Hall–Kier alpha value is -1.23. The Kier molecular flexibility index (Phi) is 6.87. The zero-order valence-corrected chi connectivity index (χ0v) is 18.1. The van der Waals surface area contributed by atoms with Crippen LogP contribution >= 0.6 is 0 Å². The van der Waals surface area contributed by atoms with Crippen molar-refractivity contribution in [1.29, 1.82) is 0 Å². The number of nitrogens with one attached hydrogen (secondary N) is 1. The minimum atomic E-state index is -3.99. The summed E-state index contributed by atoms with van der Waals surface area (Å²) in [7, 11) is -3.99. The van der Waals surface area contributed by atoms with Crippen LogP contribution in [0.1, 0.15) is 46.0 Å². The molecule has 0 bridgehead atoms. The van der Waals surface area contributed by atoms with Crippen LogP contribution in [-0.4, -0.2) is 78.8 Å². The maximum atomic E-state index is 13.3. The van der Waals surface area contributed by atoms with Crippen molar-refractivity contribution in [3.05, 3.63) is 0 Å². The minimum absolute atomic E-state index is 0.00411. The molecule has 3 rings (SSSR count). The molecule has 29 heavy (non-hydrogen) atoms. The van der Waals surface area contributed by atoms with Crippen LogP contribution in [0.3, 0.4) is 0 Å². The smallest absolute Gasteiger partial charge is 0.266 e. The summed E-state index contributed by atoms with van der Waals surface area (Å²) in [6, 6.07) is 0. The molecule has 0 aliphatic carbocycles. The Labute approximate surface area is 172 Å². The Morgan fingerprint density at radius 3 is 2.14 bits per heavy atom. The van der Waals surface area contributed by atoms with E-state index >= 15 is 0 Å². The van der Waals surface area contributed by atoms with Crippen molar-refractivity contribution in [3.8, 4) is 0 Å². The first-order valence-corrected chi connectivity index (χ1v) is 12.0. The molecule has 0 saturated carbocycles. The van der Waals surface area contributed by atoms with Gasteiger partial charge in [-0.3, -0.25) is 14.8 Å². The second-order valence-electron chi connectivity index (χ2n) is 8.92. The monoisotopic (exact) mass is 431 g/mol. The third-order valence-electron chi connectivity index (χ3n) is 6.63. The maximum absolute atomic E-state index is 13.3. The van der Waals surface area contributed by atoms with E-state index in [9.17, 15) is 18.0 Å².